The molecule has 104 valence electrons. The molecular weight excluding hydrogens is 296 g/mol. The fraction of sp³-hybridized carbons (Fsp3) is 0.231. The number of anilines is 1. The standard InChI is InChI=1S/C13H13ClN4OS/c1-8(2)11(19)16-13-18-17-12(20-13)15-7-9-5-3-4-6-10(9)14/h3-8H,1-2H3,(H,16,18,19). The van der Waals surface area contributed by atoms with Gasteiger partial charge in [0.05, 0.1) is 0 Å². The Morgan fingerprint density at radius 1 is 1.40 bits per heavy atom. The molecule has 0 saturated heterocycles. The molecule has 0 aliphatic rings. The molecule has 0 spiro atoms. The first-order valence-electron chi connectivity index (χ1n) is 5.99. The van der Waals surface area contributed by atoms with Crippen molar-refractivity contribution in [1.82, 2.24) is 10.2 Å². The van der Waals surface area contributed by atoms with E-state index in [1.54, 1.807) is 12.3 Å². The largest absolute Gasteiger partial charge is 0.300 e. The van der Waals surface area contributed by atoms with E-state index in [0.717, 1.165) is 5.56 Å². The molecule has 1 amide bonds. The molecule has 0 unspecified atom stereocenters. The van der Waals surface area contributed by atoms with Crippen LogP contribution < -0.4 is 5.32 Å². The van der Waals surface area contributed by atoms with Gasteiger partial charge in [-0.15, -0.1) is 10.2 Å². The first-order valence-corrected chi connectivity index (χ1v) is 7.18. The van der Waals surface area contributed by atoms with Gasteiger partial charge in [0.15, 0.2) is 0 Å². The van der Waals surface area contributed by atoms with Crippen LogP contribution in [0.5, 0.6) is 0 Å². The van der Waals surface area contributed by atoms with Gasteiger partial charge in [-0.2, -0.15) is 0 Å². The maximum absolute atomic E-state index is 11.5. The van der Waals surface area contributed by atoms with Gasteiger partial charge in [-0.25, -0.2) is 4.99 Å². The third-order valence-electron chi connectivity index (χ3n) is 2.39. The van der Waals surface area contributed by atoms with Gasteiger partial charge in [0, 0.05) is 22.7 Å². The Hall–Kier alpha value is -1.79. The zero-order chi connectivity index (χ0) is 14.5. The van der Waals surface area contributed by atoms with E-state index < -0.39 is 0 Å². The summed E-state index contributed by atoms with van der Waals surface area (Å²) in [5.74, 6) is -0.197. The van der Waals surface area contributed by atoms with Crippen molar-refractivity contribution in [2.45, 2.75) is 13.8 Å². The molecular formula is C13H13ClN4OS. The number of aromatic nitrogens is 2. The molecule has 1 aromatic carbocycles. The zero-order valence-electron chi connectivity index (χ0n) is 11.0. The van der Waals surface area contributed by atoms with Gasteiger partial charge in [0.2, 0.25) is 16.2 Å². The Kier molecular flexibility index (Phi) is 4.81. The summed E-state index contributed by atoms with van der Waals surface area (Å²) in [5.41, 5.74) is 0.803. The van der Waals surface area contributed by atoms with E-state index >= 15 is 0 Å². The number of carbonyl (C=O) groups excluding carboxylic acids is 1. The lowest BCUT2D eigenvalue weighted by Gasteiger charge is -2.02. The fourth-order valence-corrected chi connectivity index (χ4v) is 2.05. The second kappa shape index (κ2) is 6.58. The molecule has 0 saturated carbocycles. The number of nitrogens with one attached hydrogen (secondary N) is 1. The summed E-state index contributed by atoms with van der Waals surface area (Å²) < 4.78 is 0. The second-order valence-corrected chi connectivity index (χ2v) is 5.68. The molecule has 0 radical (unpaired) electrons. The zero-order valence-corrected chi connectivity index (χ0v) is 12.6. The molecule has 1 heterocycles. The van der Waals surface area contributed by atoms with Gasteiger partial charge in [-0.05, 0) is 6.07 Å². The Balaban J connectivity index is 2.06. The van der Waals surface area contributed by atoms with Crippen molar-refractivity contribution in [2.75, 3.05) is 5.32 Å². The summed E-state index contributed by atoms with van der Waals surface area (Å²) in [5, 5.41) is 11.9. The first-order chi connectivity index (χ1) is 9.56. The average Bonchev–Trinajstić information content (AvgIpc) is 2.85. The minimum atomic E-state index is -0.103. The molecule has 1 N–H and O–H groups in total. The lowest BCUT2D eigenvalue weighted by atomic mass is 10.2. The molecule has 0 aliphatic heterocycles. The van der Waals surface area contributed by atoms with Crippen LogP contribution in [0.3, 0.4) is 0 Å². The topological polar surface area (TPSA) is 67.2 Å². The van der Waals surface area contributed by atoms with Gasteiger partial charge in [-0.1, -0.05) is 55.0 Å². The number of hydrogen-bond acceptors (Lipinski definition) is 5. The van der Waals surface area contributed by atoms with Gasteiger partial charge in [0.25, 0.3) is 0 Å². The summed E-state index contributed by atoms with van der Waals surface area (Å²) in [6, 6.07) is 7.37. The van der Waals surface area contributed by atoms with Crippen LogP contribution in [-0.4, -0.2) is 22.3 Å². The highest BCUT2D eigenvalue weighted by Gasteiger charge is 2.10. The molecule has 20 heavy (non-hydrogen) atoms. The Labute approximate surface area is 125 Å². The average molecular weight is 309 g/mol. The van der Waals surface area contributed by atoms with E-state index in [2.05, 4.69) is 20.5 Å². The van der Waals surface area contributed by atoms with E-state index in [0.29, 0.717) is 15.3 Å². The monoisotopic (exact) mass is 308 g/mol. The quantitative estimate of drug-likeness (QED) is 0.878. The van der Waals surface area contributed by atoms with Crippen LogP contribution in [0.4, 0.5) is 10.3 Å². The SMILES string of the molecule is CC(C)C(=O)Nc1nnc(N=Cc2ccccc2Cl)s1. The molecule has 0 atom stereocenters. The van der Waals surface area contributed by atoms with Crippen molar-refractivity contribution in [3.8, 4) is 0 Å². The maximum Gasteiger partial charge on any atom is 0.233 e. The molecule has 0 aliphatic carbocycles. The summed E-state index contributed by atoms with van der Waals surface area (Å²) in [7, 11) is 0. The number of rotatable bonds is 4. The molecule has 7 heteroatoms. The molecule has 5 nitrogen and oxygen atoms in total. The molecule has 0 fully saturated rings. The Morgan fingerprint density at radius 2 is 2.15 bits per heavy atom. The van der Waals surface area contributed by atoms with Crippen LogP contribution >= 0.6 is 22.9 Å². The van der Waals surface area contributed by atoms with Crippen molar-refractivity contribution < 1.29 is 4.79 Å². The van der Waals surface area contributed by atoms with E-state index in [1.165, 1.54) is 11.3 Å². The molecule has 0 bridgehead atoms. The minimum Gasteiger partial charge on any atom is -0.300 e. The minimum absolute atomic E-state index is 0.0946. The number of aliphatic imine (C=N–C) groups is 1. The first kappa shape index (κ1) is 14.6. The van der Waals surface area contributed by atoms with Gasteiger partial charge < -0.3 is 5.32 Å². The summed E-state index contributed by atoms with van der Waals surface area (Å²) >= 11 is 7.23. The lowest BCUT2D eigenvalue weighted by Crippen LogP contribution is -2.17. The van der Waals surface area contributed by atoms with Crippen LogP contribution in [0.2, 0.25) is 5.02 Å². The van der Waals surface area contributed by atoms with E-state index in [1.807, 2.05) is 32.0 Å². The second-order valence-electron chi connectivity index (χ2n) is 4.31. The molecule has 1 aromatic heterocycles. The van der Waals surface area contributed by atoms with Crippen molar-refractivity contribution in [2.24, 2.45) is 10.9 Å². The number of hydrogen-bond donors (Lipinski definition) is 1. The number of benzene rings is 1. The van der Waals surface area contributed by atoms with Crippen LogP contribution in [0.1, 0.15) is 19.4 Å². The summed E-state index contributed by atoms with van der Waals surface area (Å²) in [6.45, 7) is 3.62. The highest BCUT2D eigenvalue weighted by molar-refractivity contribution is 7.18. The number of amides is 1. The van der Waals surface area contributed by atoms with Crippen molar-refractivity contribution >= 4 is 45.3 Å². The van der Waals surface area contributed by atoms with Gasteiger partial charge >= 0.3 is 0 Å². The Morgan fingerprint density at radius 3 is 2.85 bits per heavy atom. The fourth-order valence-electron chi connectivity index (χ4n) is 1.27. The number of carbonyl (C=O) groups is 1. The summed E-state index contributed by atoms with van der Waals surface area (Å²) in [4.78, 5) is 15.7. The van der Waals surface area contributed by atoms with Crippen LogP contribution in [-0.2, 0) is 4.79 Å². The third kappa shape index (κ3) is 3.85. The van der Waals surface area contributed by atoms with Crippen molar-refractivity contribution in [3.63, 3.8) is 0 Å². The highest BCUT2D eigenvalue weighted by Crippen LogP contribution is 2.23. The number of nitrogens with zero attached hydrogens (tertiary/aromatic N) is 3. The third-order valence-corrected chi connectivity index (χ3v) is 3.48. The van der Waals surface area contributed by atoms with Gasteiger partial charge in [-0.3, -0.25) is 4.79 Å². The molecule has 2 aromatic rings. The summed E-state index contributed by atoms with van der Waals surface area (Å²) in [6.07, 6.45) is 1.62. The Bertz CT molecular complexity index is 639. The van der Waals surface area contributed by atoms with Crippen LogP contribution in [0, 0.1) is 5.92 Å². The predicted molar refractivity (Wildman–Crippen MR) is 82.1 cm³/mol. The maximum atomic E-state index is 11.5. The normalized spacial score (nSPS) is 11.2. The van der Waals surface area contributed by atoms with Crippen molar-refractivity contribution in [3.05, 3.63) is 34.9 Å². The number of halogens is 1. The van der Waals surface area contributed by atoms with Crippen LogP contribution in [0.15, 0.2) is 29.3 Å². The van der Waals surface area contributed by atoms with Crippen LogP contribution in [0.25, 0.3) is 0 Å². The van der Waals surface area contributed by atoms with E-state index in [4.69, 9.17) is 11.6 Å². The predicted octanol–water partition coefficient (Wildman–Crippen LogP) is 3.54. The van der Waals surface area contributed by atoms with E-state index in [9.17, 15) is 4.79 Å². The highest BCUT2D eigenvalue weighted by atomic mass is 35.5. The van der Waals surface area contributed by atoms with E-state index in [-0.39, 0.29) is 11.8 Å². The molecule has 2 rings (SSSR count). The van der Waals surface area contributed by atoms with Crippen molar-refractivity contribution in [1.29, 1.82) is 0 Å². The lowest BCUT2D eigenvalue weighted by molar-refractivity contribution is -0.118. The smallest absolute Gasteiger partial charge is 0.233 e. The van der Waals surface area contributed by atoms with Gasteiger partial charge in [0.1, 0.15) is 0 Å².